The number of ether oxygens (including phenoxy) is 1. The first-order valence-electron chi connectivity index (χ1n) is 5.22. The molecule has 0 amide bonds. The molecule has 5 nitrogen and oxygen atoms in total. The quantitative estimate of drug-likeness (QED) is 0.485. The molecule has 1 saturated heterocycles. The lowest BCUT2D eigenvalue weighted by molar-refractivity contribution is -0.00522. The molecule has 0 spiro atoms. The summed E-state index contributed by atoms with van der Waals surface area (Å²) in [6.45, 7) is 5.83. The summed E-state index contributed by atoms with van der Waals surface area (Å²) in [5, 5.41) is 12.4. The van der Waals surface area contributed by atoms with Crippen LogP contribution in [-0.4, -0.2) is 41.7 Å². The summed E-state index contributed by atoms with van der Waals surface area (Å²) in [7, 11) is 0. The van der Waals surface area contributed by atoms with Gasteiger partial charge < -0.3 is 14.8 Å². The van der Waals surface area contributed by atoms with Crippen LogP contribution in [0.4, 0.5) is 5.13 Å². The Kier molecular flexibility index (Phi) is 3.40. The smallest absolute Gasteiger partial charge is 0.186 e. The Morgan fingerprint density at radius 2 is 2.25 bits per heavy atom. The molecule has 88 valence electrons. The Labute approximate surface area is 98.4 Å². The number of rotatable bonds is 2. The van der Waals surface area contributed by atoms with E-state index in [9.17, 15) is 0 Å². The number of aromatic nitrogens is 1. The minimum absolute atomic E-state index is 0.225. The minimum atomic E-state index is 0.225. The van der Waals surface area contributed by atoms with Crippen molar-refractivity contribution in [3.63, 3.8) is 0 Å². The zero-order valence-electron chi connectivity index (χ0n) is 9.33. The van der Waals surface area contributed by atoms with Gasteiger partial charge in [-0.1, -0.05) is 16.5 Å². The molecule has 0 bridgehead atoms. The highest BCUT2D eigenvalue weighted by atomic mass is 32.1. The zero-order valence-corrected chi connectivity index (χ0v) is 10.1. The van der Waals surface area contributed by atoms with Crippen LogP contribution >= 0.6 is 11.3 Å². The number of nitrogens with zero attached hydrogens (tertiary/aromatic N) is 3. The van der Waals surface area contributed by atoms with Gasteiger partial charge in [-0.2, -0.15) is 0 Å². The van der Waals surface area contributed by atoms with Crippen LogP contribution in [0.25, 0.3) is 0 Å². The average Bonchev–Trinajstić information content (AvgIpc) is 2.65. The van der Waals surface area contributed by atoms with Gasteiger partial charge in [-0.25, -0.2) is 4.98 Å². The van der Waals surface area contributed by atoms with E-state index >= 15 is 0 Å². The van der Waals surface area contributed by atoms with Crippen molar-refractivity contribution in [3.8, 4) is 0 Å². The van der Waals surface area contributed by atoms with Crippen molar-refractivity contribution < 1.29 is 9.94 Å². The first-order valence-corrected chi connectivity index (χ1v) is 6.04. The third-order valence-corrected chi connectivity index (χ3v) is 3.38. The summed E-state index contributed by atoms with van der Waals surface area (Å²) < 4.78 is 5.66. The van der Waals surface area contributed by atoms with Crippen molar-refractivity contribution in [2.75, 3.05) is 18.0 Å². The molecule has 16 heavy (non-hydrogen) atoms. The van der Waals surface area contributed by atoms with Crippen LogP contribution in [0.1, 0.15) is 18.7 Å². The van der Waals surface area contributed by atoms with E-state index in [1.165, 1.54) is 17.6 Å². The lowest BCUT2D eigenvalue weighted by Crippen LogP contribution is -2.45. The third kappa shape index (κ3) is 2.51. The van der Waals surface area contributed by atoms with Gasteiger partial charge in [-0.3, -0.25) is 0 Å². The first-order chi connectivity index (χ1) is 7.69. The maximum atomic E-state index is 8.44. The van der Waals surface area contributed by atoms with Gasteiger partial charge in [0.25, 0.3) is 0 Å². The topological polar surface area (TPSA) is 58.0 Å². The lowest BCUT2D eigenvalue weighted by Gasteiger charge is -2.35. The molecule has 1 aliphatic rings. The molecule has 1 fully saturated rings. The van der Waals surface area contributed by atoms with Crippen molar-refractivity contribution in [3.05, 3.63) is 11.1 Å². The number of morpholine rings is 1. The molecule has 0 aliphatic carbocycles. The van der Waals surface area contributed by atoms with Crippen LogP contribution in [0, 0.1) is 0 Å². The van der Waals surface area contributed by atoms with Crippen LogP contribution in [-0.2, 0) is 4.74 Å². The van der Waals surface area contributed by atoms with Crippen molar-refractivity contribution in [1.82, 2.24) is 4.98 Å². The highest BCUT2D eigenvalue weighted by Crippen LogP contribution is 2.24. The standard InChI is InChI=1S/C10H15N3O2S/c1-7-5-13(6-8(2)15-7)10-11-3-9(16-10)4-12-14/h3-4,7-8,14H,5-6H2,1-2H3/t7-,8+. The van der Waals surface area contributed by atoms with E-state index in [-0.39, 0.29) is 12.2 Å². The summed E-state index contributed by atoms with van der Waals surface area (Å²) in [6.07, 6.45) is 3.56. The molecule has 0 aromatic carbocycles. The van der Waals surface area contributed by atoms with Gasteiger partial charge in [0.2, 0.25) is 0 Å². The summed E-state index contributed by atoms with van der Waals surface area (Å²) in [5.74, 6) is 0. The molecule has 0 radical (unpaired) electrons. The van der Waals surface area contributed by atoms with Gasteiger partial charge in [-0.15, -0.1) is 0 Å². The number of oxime groups is 1. The van der Waals surface area contributed by atoms with E-state index in [0.29, 0.717) is 0 Å². The molecule has 6 heteroatoms. The van der Waals surface area contributed by atoms with Crippen LogP contribution in [0.15, 0.2) is 11.4 Å². The van der Waals surface area contributed by atoms with E-state index < -0.39 is 0 Å². The average molecular weight is 241 g/mol. The van der Waals surface area contributed by atoms with Gasteiger partial charge in [0.15, 0.2) is 5.13 Å². The Hall–Kier alpha value is -1.14. The van der Waals surface area contributed by atoms with E-state index in [1.54, 1.807) is 6.20 Å². The second-order valence-corrected chi connectivity index (χ2v) is 4.99. The van der Waals surface area contributed by atoms with Gasteiger partial charge in [0.05, 0.1) is 23.3 Å². The summed E-state index contributed by atoms with van der Waals surface area (Å²) in [6, 6.07) is 0. The molecule has 1 aliphatic heterocycles. The molecule has 2 rings (SSSR count). The Morgan fingerprint density at radius 3 is 2.88 bits per heavy atom. The molecule has 1 N–H and O–H groups in total. The maximum absolute atomic E-state index is 8.44. The highest BCUT2D eigenvalue weighted by Gasteiger charge is 2.23. The first kappa shape index (κ1) is 11.3. The van der Waals surface area contributed by atoms with E-state index in [0.717, 1.165) is 23.1 Å². The number of thiazole rings is 1. The second kappa shape index (κ2) is 4.80. The van der Waals surface area contributed by atoms with Crippen molar-refractivity contribution in [1.29, 1.82) is 0 Å². The highest BCUT2D eigenvalue weighted by molar-refractivity contribution is 7.17. The van der Waals surface area contributed by atoms with Crippen molar-refractivity contribution in [2.24, 2.45) is 5.16 Å². The van der Waals surface area contributed by atoms with Crippen LogP contribution in [0.2, 0.25) is 0 Å². The van der Waals surface area contributed by atoms with E-state index in [1.807, 2.05) is 0 Å². The Bertz CT molecular complexity index is 370. The molecule has 0 unspecified atom stereocenters. The van der Waals surface area contributed by atoms with Crippen LogP contribution in [0.5, 0.6) is 0 Å². The van der Waals surface area contributed by atoms with E-state index in [4.69, 9.17) is 9.94 Å². The molecule has 2 heterocycles. The number of anilines is 1. The monoisotopic (exact) mass is 241 g/mol. The molecule has 1 aromatic rings. The number of hydrogen-bond donors (Lipinski definition) is 1. The van der Waals surface area contributed by atoms with E-state index in [2.05, 4.69) is 28.9 Å². The van der Waals surface area contributed by atoms with Crippen LogP contribution < -0.4 is 4.90 Å². The SMILES string of the molecule is C[C@@H]1CN(c2ncc(C=NO)s2)C[C@H](C)O1. The fraction of sp³-hybridized carbons (Fsp3) is 0.600. The van der Waals surface area contributed by atoms with Crippen molar-refractivity contribution >= 4 is 22.7 Å². The summed E-state index contributed by atoms with van der Waals surface area (Å²) in [5.41, 5.74) is 0. The second-order valence-electron chi connectivity index (χ2n) is 3.95. The van der Waals surface area contributed by atoms with Gasteiger partial charge in [0.1, 0.15) is 0 Å². The zero-order chi connectivity index (χ0) is 11.5. The van der Waals surface area contributed by atoms with Gasteiger partial charge in [0, 0.05) is 19.3 Å². The Balaban J connectivity index is 2.10. The lowest BCUT2D eigenvalue weighted by atomic mass is 10.2. The largest absolute Gasteiger partial charge is 0.411 e. The van der Waals surface area contributed by atoms with Gasteiger partial charge >= 0.3 is 0 Å². The summed E-state index contributed by atoms with van der Waals surface area (Å²) >= 11 is 1.52. The molecular formula is C10H15N3O2S. The molecular weight excluding hydrogens is 226 g/mol. The van der Waals surface area contributed by atoms with Crippen LogP contribution in [0.3, 0.4) is 0 Å². The Morgan fingerprint density at radius 1 is 1.56 bits per heavy atom. The molecule has 1 aromatic heterocycles. The fourth-order valence-corrected chi connectivity index (χ4v) is 2.67. The van der Waals surface area contributed by atoms with Gasteiger partial charge in [-0.05, 0) is 13.8 Å². The predicted molar refractivity (Wildman–Crippen MR) is 63.7 cm³/mol. The molecule has 0 saturated carbocycles. The predicted octanol–water partition coefficient (Wildman–Crippen LogP) is 1.56. The minimum Gasteiger partial charge on any atom is -0.411 e. The van der Waals surface area contributed by atoms with Crippen molar-refractivity contribution in [2.45, 2.75) is 26.1 Å². The fourth-order valence-electron chi connectivity index (χ4n) is 1.87. The maximum Gasteiger partial charge on any atom is 0.186 e. The number of hydrogen-bond acceptors (Lipinski definition) is 6. The third-order valence-electron chi connectivity index (χ3n) is 2.39. The normalized spacial score (nSPS) is 26.5. The summed E-state index contributed by atoms with van der Waals surface area (Å²) in [4.78, 5) is 7.37. The molecule has 2 atom stereocenters.